The number of benzene rings is 8. The second kappa shape index (κ2) is 12.3. The molecule has 12 aromatic rings. The lowest BCUT2D eigenvalue weighted by molar-refractivity contribution is 0.669. The molecule has 0 aliphatic rings. The number of aromatic nitrogens is 5. The van der Waals surface area contributed by atoms with Gasteiger partial charge in [0, 0.05) is 60.4 Å². The van der Waals surface area contributed by atoms with Gasteiger partial charge in [0.2, 0.25) is 0 Å². The van der Waals surface area contributed by atoms with Gasteiger partial charge in [0.05, 0.1) is 22.1 Å². The molecule has 6 nitrogen and oxygen atoms in total. The molecule has 0 saturated heterocycles. The Morgan fingerprint density at radius 2 is 0.877 bits per heavy atom. The van der Waals surface area contributed by atoms with E-state index >= 15 is 0 Å². The van der Waals surface area contributed by atoms with E-state index in [1.807, 2.05) is 60.7 Å². The van der Waals surface area contributed by atoms with E-state index in [0.29, 0.717) is 17.5 Å². The van der Waals surface area contributed by atoms with Gasteiger partial charge in [-0.25, -0.2) is 15.0 Å². The van der Waals surface area contributed by atoms with Gasteiger partial charge in [-0.3, -0.25) is 0 Å². The fourth-order valence-corrected chi connectivity index (χ4v) is 8.61. The van der Waals surface area contributed by atoms with Crippen LogP contribution >= 0.6 is 0 Å². The van der Waals surface area contributed by atoms with E-state index in [0.717, 1.165) is 55.5 Å². The number of hydrogen-bond acceptors (Lipinski definition) is 4. The summed E-state index contributed by atoms with van der Waals surface area (Å²) in [5, 5.41) is 6.97. The molecule has 0 radical (unpaired) electrons. The number of fused-ring (bicyclic) bond motifs is 10. The number of para-hydroxylation sites is 4. The molecule has 6 heteroatoms. The highest BCUT2D eigenvalue weighted by atomic mass is 16.3. The van der Waals surface area contributed by atoms with Crippen LogP contribution in [0.5, 0.6) is 0 Å². The fraction of sp³-hybridized carbons (Fsp3) is 0. The molecule has 0 N–H and O–H groups in total. The summed E-state index contributed by atoms with van der Waals surface area (Å²) in [6.45, 7) is 0. The molecule has 8 aromatic carbocycles. The van der Waals surface area contributed by atoms with Crippen LogP contribution in [-0.4, -0.2) is 24.1 Å². The minimum atomic E-state index is 0.606. The van der Waals surface area contributed by atoms with E-state index in [1.54, 1.807) is 0 Å². The molecule has 0 atom stereocenters. The summed E-state index contributed by atoms with van der Waals surface area (Å²) in [6.07, 6.45) is 0. The Balaban J connectivity index is 1.05. The molecule has 12 rings (SSSR count). The largest absolute Gasteiger partial charge is 0.456 e. The molecule has 0 aliphatic heterocycles. The number of rotatable bonds is 5. The van der Waals surface area contributed by atoms with Gasteiger partial charge in [-0.1, -0.05) is 109 Å². The molecule has 4 aromatic heterocycles. The Hall–Kier alpha value is -7.83. The first-order chi connectivity index (χ1) is 28.3. The van der Waals surface area contributed by atoms with Crippen LogP contribution in [0, 0.1) is 0 Å². The minimum Gasteiger partial charge on any atom is -0.456 e. The molecule has 0 bridgehead atoms. The maximum absolute atomic E-state index is 6.13. The fourth-order valence-electron chi connectivity index (χ4n) is 8.61. The second-order valence-electron chi connectivity index (χ2n) is 14.4. The Morgan fingerprint density at radius 1 is 0.333 bits per heavy atom. The van der Waals surface area contributed by atoms with Crippen LogP contribution in [0.4, 0.5) is 0 Å². The van der Waals surface area contributed by atoms with Crippen molar-refractivity contribution in [2.75, 3.05) is 0 Å². The van der Waals surface area contributed by atoms with Crippen LogP contribution in [0.1, 0.15) is 0 Å². The molecule has 0 unspecified atom stereocenters. The van der Waals surface area contributed by atoms with Crippen molar-refractivity contribution in [2.45, 2.75) is 0 Å². The highest BCUT2D eigenvalue weighted by Crippen LogP contribution is 2.42. The van der Waals surface area contributed by atoms with Crippen molar-refractivity contribution in [2.24, 2.45) is 0 Å². The van der Waals surface area contributed by atoms with E-state index in [-0.39, 0.29) is 0 Å². The van der Waals surface area contributed by atoms with Gasteiger partial charge in [0.1, 0.15) is 11.2 Å². The van der Waals surface area contributed by atoms with Crippen molar-refractivity contribution in [3.05, 3.63) is 188 Å². The molecule has 0 aliphatic carbocycles. The third kappa shape index (κ3) is 4.87. The minimum absolute atomic E-state index is 0.606. The predicted octanol–water partition coefficient (Wildman–Crippen LogP) is 13.0. The normalized spacial score (nSPS) is 11.9. The van der Waals surface area contributed by atoms with Crippen LogP contribution in [0.3, 0.4) is 0 Å². The average molecular weight is 730 g/mol. The summed E-state index contributed by atoms with van der Waals surface area (Å²) >= 11 is 0. The molecular formula is C51H31N5O. The zero-order chi connectivity index (χ0) is 37.5. The second-order valence-corrected chi connectivity index (χ2v) is 14.4. The van der Waals surface area contributed by atoms with Gasteiger partial charge in [0.25, 0.3) is 0 Å². The topological polar surface area (TPSA) is 61.7 Å². The average Bonchev–Trinajstić information content (AvgIpc) is 3.94. The van der Waals surface area contributed by atoms with E-state index < -0.39 is 0 Å². The molecule has 266 valence electrons. The summed E-state index contributed by atoms with van der Waals surface area (Å²) < 4.78 is 10.9. The van der Waals surface area contributed by atoms with Crippen LogP contribution in [-0.2, 0) is 0 Å². The molecule has 0 spiro atoms. The summed E-state index contributed by atoms with van der Waals surface area (Å²) in [6, 6.07) is 65.6. The lowest BCUT2D eigenvalue weighted by Crippen LogP contribution is -2.00. The summed E-state index contributed by atoms with van der Waals surface area (Å²) in [4.78, 5) is 15.2. The Morgan fingerprint density at radius 3 is 1.63 bits per heavy atom. The Labute approximate surface area is 326 Å². The quantitative estimate of drug-likeness (QED) is 0.177. The van der Waals surface area contributed by atoms with Crippen molar-refractivity contribution in [3.63, 3.8) is 0 Å². The smallest absolute Gasteiger partial charge is 0.164 e. The van der Waals surface area contributed by atoms with E-state index in [9.17, 15) is 0 Å². The molecule has 0 fully saturated rings. The zero-order valence-corrected chi connectivity index (χ0v) is 30.5. The van der Waals surface area contributed by atoms with Gasteiger partial charge in [-0.15, -0.1) is 0 Å². The van der Waals surface area contributed by atoms with E-state index in [1.165, 1.54) is 38.1 Å². The van der Waals surface area contributed by atoms with Crippen molar-refractivity contribution >= 4 is 65.6 Å². The maximum Gasteiger partial charge on any atom is 0.164 e. The summed E-state index contributed by atoms with van der Waals surface area (Å²) in [7, 11) is 0. The highest BCUT2D eigenvalue weighted by molar-refractivity contribution is 6.26. The third-order valence-corrected chi connectivity index (χ3v) is 11.2. The first kappa shape index (κ1) is 31.5. The number of hydrogen-bond donors (Lipinski definition) is 0. The van der Waals surface area contributed by atoms with Gasteiger partial charge < -0.3 is 13.6 Å². The maximum atomic E-state index is 6.13. The van der Waals surface area contributed by atoms with Gasteiger partial charge >= 0.3 is 0 Å². The number of furan rings is 1. The summed E-state index contributed by atoms with van der Waals surface area (Å²) in [5.41, 5.74) is 11.3. The van der Waals surface area contributed by atoms with E-state index in [2.05, 4.69) is 137 Å². The van der Waals surface area contributed by atoms with Gasteiger partial charge in [-0.05, 0) is 78.9 Å². The monoisotopic (exact) mass is 729 g/mol. The van der Waals surface area contributed by atoms with Crippen molar-refractivity contribution < 1.29 is 4.42 Å². The van der Waals surface area contributed by atoms with Crippen LogP contribution < -0.4 is 0 Å². The first-order valence-corrected chi connectivity index (χ1v) is 19.1. The van der Waals surface area contributed by atoms with Gasteiger partial charge in [0.15, 0.2) is 17.5 Å². The van der Waals surface area contributed by atoms with Gasteiger partial charge in [-0.2, -0.15) is 0 Å². The lowest BCUT2D eigenvalue weighted by atomic mass is 10.1. The Bertz CT molecular complexity index is 3510. The standard InChI is InChI=1S/C51H31N5O/c1-3-13-32(14-4-1)49-52-50(54-51(53-49)34-25-30-46-41(31-34)38-18-9-12-22-45(38)57-46)33-23-26-36(27-24-33)56-42-20-10-7-17-37(42)39-28-29-44-47(48(39)56)40-19-8-11-21-43(40)55(44)35-15-5-2-6-16-35/h1-31H. The van der Waals surface area contributed by atoms with Crippen molar-refractivity contribution in [1.82, 2.24) is 24.1 Å². The van der Waals surface area contributed by atoms with Crippen LogP contribution in [0.15, 0.2) is 192 Å². The molecule has 4 heterocycles. The first-order valence-electron chi connectivity index (χ1n) is 19.1. The van der Waals surface area contributed by atoms with Crippen molar-refractivity contribution in [3.8, 4) is 45.5 Å². The molecular weight excluding hydrogens is 699 g/mol. The number of nitrogens with zero attached hydrogens (tertiary/aromatic N) is 5. The van der Waals surface area contributed by atoms with Crippen LogP contribution in [0.25, 0.3) is 111 Å². The zero-order valence-electron chi connectivity index (χ0n) is 30.5. The molecule has 0 saturated carbocycles. The molecule has 57 heavy (non-hydrogen) atoms. The summed E-state index contributed by atoms with van der Waals surface area (Å²) in [5.74, 6) is 1.84. The van der Waals surface area contributed by atoms with E-state index in [4.69, 9.17) is 19.4 Å². The van der Waals surface area contributed by atoms with Crippen molar-refractivity contribution in [1.29, 1.82) is 0 Å². The Kier molecular flexibility index (Phi) is 6.83. The molecule has 0 amide bonds. The predicted molar refractivity (Wildman–Crippen MR) is 232 cm³/mol. The highest BCUT2D eigenvalue weighted by Gasteiger charge is 2.21. The SMILES string of the molecule is c1ccc(-c2nc(-c3ccc(-n4c5ccccc5c5ccc6c(c7ccccc7n6-c6ccccc6)c54)cc3)nc(-c3ccc4oc5ccccc5c4c3)n2)cc1. The lowest BCUT2D eigenvalue weighted by Gasteiger charge is -2.12. The third-order valence-electron chi connectivity index (χ3n) is 11.2. The van der Waals surface area contributed by atoms with Crippen LogP contribution in [0.2, 0.25) is 0 Å².